The average molecular weight is 235 g/mol. The highest BCUT2D eigenvalue weighted by Gasteiger charge is 2.02. The lowest BCUT2D eigenvalue weighted by Gasteiger charge is -2.10. The van der Waals surface area contributed by atoms with Crippen molar-refractivity contribution in [1.82, 2.24) is 0 Å². The Kier molecular flexibility index (Phi) is 5.49. The number of nitrogens with one attached hydrogen (secondary N) is 1. The summed E-state index contributed by atoms with van der Waals surface area (Å²) >= 11 is 0. The van der Waals surface area contributed by atoms with Crippen molar-refractivity contribution in [2.24, 2.45) is 10.7 Å². The van der Waals surface area contributed by atoms with E-state index in [1.807, 2.05) is 12.1 Å². The van der Waals surface area contributed by atoms with Crippen LogP contribution in [0.2, 0.25) is 0 Å². The number of hydrogen-bond donors (Lipinski definition) is 3. The predicted octanol–water partition coefficient (Wildman–Crippen LogP) is 1.92. The van der Waals surface area contributed by atoms with E-state index in [1.54, 1.807) is 0 Å². The summed E-state index contributed by atoms with van der Waals surface area (Å²) in [5.41, 5.74) is 7.88. The molecule has 0 saturated heterocycles. The zero-order chi connectivity index (χ0) is 12.7. The van der Waals surface area contributed by atoms with Crippen molar-refractivity contribution < 1.29 is 5.11 Å². The van der Waals surface area contributed by atoms with E-state index in [9.17, 15) is 0 Å². The molecule has 0 saturated carbocycles. The van der Waals surface area contributed by atoms with Crippen LogP contribution in [0.5, 0.6) is 0 Å². The van der Waals surface area contributed by atoms with Crippen molar-refractivity contribution in [3.05, 3.63) is 29.8 Å². The topological polar surface area (TPSA) is 70.6 Å². The molecule has 0 aliphatic rings. The minimum Gasteiger partial charge on any atom is -0.394 e. The summed E-state index contributed by atoms with van der Waals surface area (Å²) < 4.78 is 0. The average Bonchev–Trinajstić information content (AvgIpc) is 2.36. The largest absolute Gasteiger partial charge is 0.394 e. The monoisotopic (exact) mass is 235 g/mol. The van der Waals surface area contributed by atoms with Crippen LogP contribution in [0.4, 0.5) is 5.69 Å². The Morgan fingerprint density at radius 3 is 2.59 bits per heavy atom. The lowest BCUT2D eigenvalue weighted by atomic mass is 9.99. The first-order chi connectivity index (χ1) is 8.17. The number of nitrogens with two attached hydrogens (primary N) is 1. The molecule has 1 aromatic carbocycles. The zero-order valence-corrected chi connectivity index (χ0v) is 10.5. The molecule has 0 aromatic heterocycles. The van der Waals surface area contributed by atoms with Gasteiger partial charge in [0, 0.05) is 5.69 Å². The van der Waals surface area contributed by atoms with Crippen LogP contribution in [0.15, 0.2) is 29.3 Å². The van der Waals surface area contributed by atoms with Crippen LogP contribution in [0, 0.1) is 0 Å². The Balaban J connectivity index is 2.62. The zero-order valence-electron chi connectivity index (χ0n) is 10.5. The van der Waals surface area contributed by atoms with E-state index in [1.165, 1.54) is 5.56 Å². The molecule has 0 radical (unpaired) electrons. The first-order valence-electron chi connectivity index (χ1n) is 5.95. The summed E-state index contributed by atoms with van der Waals surface area (Å²) in [5, 5.41) is 11.6. The first kappa shape index (κ1) is 13.5. The summed E-state index contributed by atoms with van der Waals surface area (Å²) in [6.45, 7) is 4.72. The van der Waals surface area contributed by atoms with Gasteiger partial charge in [-0.25, -0.2) is 0 Å². The number of benzene rings is 1. The second-order valence-electron chi connectivity index (χ2n) is 4.05. The Labute approximate surface area is 103 Å². The van der Waals surface area contributed by atoms with Crippen LogP contribution in [-0.2, 0) is 0 Å². The molecule has 1 rings (SSSR count). The van der Waals surface area contributed by atoms with Gasteiger partial charge in [0.25, 0.3) is 0 Å². The molecule has 0 heterocycles. The van der Waals surface area contributed by atoms with Gasteiger partial charge in [0.1, 0.15) is 0 Å². The van der Waals surface area contributed by atoms with Crippen LogP contribution in [0.1, 0.15) is 31.7 Å². The van der Waals surface area contributed by atoms with Gasteiger partial charge in [-0.1, -0.05) is 26.0 Å². The van der Waals surface area contributed by atoms with E-state index in [0.29, 0.717) is 18.4 Å². The van der Waals surface area contributed by atoms with Gasteiger partial charge in [-0.3, -0.25) is 4.99 Å². The van der Waals surface area contributed by atoms with Crippen LogP contribution in [0.3, 0.4) is 0 Å². The fraction of sp³-hybridized carbons (Fsp3) is 0.462. The van der Waals surface area contributed by atoms with Crippen molar-refractivity contribution in [3.8, 4) is 0 Å². The van der Waals surface area contributed by atoms with Gasteiger partial charge in [0.05, 0.1) is 13.2 Å². The van der Waals surface area contributed by atoms with Crippen molar-refractivity contribution in [2.45, 2.75) is 26.2 Å². The molecule has 0 aliphatic carbocycles. The lowest BCUT2D eigenvalue weighted by molar-refractivity contribution is 0.307. The van der Waals surface area contributed by atoms with Crippen LogP contribution in [-0.4, -0.2) is 24.2 Å². The van der Waals surface area contributed by atoms with Gasteiger partial charge in [-0.2, -0.15) is 0 Å². The fourth-order valence-corrected chi connectivity index (χ4v) is 1.49. The number of aliphatic hydroxyl groups is 1. The van der Waals surface area contributed by atoms with Crippen LogP contribution in [0.25, 0.3) is 0 Å². The first-order valence-corrected chi connectivity index (χ1v) is 5.95. The number of hydrogen-bond acceptors (Lipinski definition) is 2. The standard InChI is InChI=1S/C13H21N3O/c1-3-10(2)11-4-6-12(7-5-11)16-13(14)15-8-9-17/h4-7,10,17H,3,8-9H2,1-2H3,(H3,14,15,16). The summed E-state index contributed by atoms with van der Waals surface area (Å²) in [7, 11) is 0. The maximum atomic E-state index is 8.62. The molecule has 0 bridgehead atoms. The summed E-state index contributed by atoms with van der Waals surface area (Å²) in [4.78, 5) is 3.94. The van der Waals surface area contributed by atoms with Crippen LogP contribution >= 0.6 is 0 Å². The normalized spacial score (nSPS) is 13.5. The second kappa shape index (κ2) is 6.91. The Morgan fingerprint density at radius 2 is 2.06 bits per heavy atom. The highest BCUT2D eigenvalue weighted by Crippen LogP contribution is 2.20. The highest BCUT2D eigenvalue weighted by atomic mass is 16.3. The predicted molar refractivity (Wildman–Crippen MR) is 72.3 cm³/mol. The van der Waals surface area contributed by atoms with E-state index < -0.39 is 0 Å². The molecule has 17 heavy (non-hydrogen) atoms. The molecule has 94 valence electrons. The molecule has 0 fully saturated rings. The fourth-order valence-electron chi connectivity index (χ4n) is 1.49. The van der Waals surface area contributed by atoms with Gasteiger partial charge in [-0.05, 0) is 30.0 Å². The maximum absolute atomic E-state index is 8.62. The lowest BCUT2D eigenvalue weighted by Crippen LogP contribution is -2.23. The number of rotatable bonds is 5. The molecule has 4 heteroatoms. The molecule has 0 spiro atoms. The van der Waals surface area contributed by atoms with Gasteiger partial charge in [-0.15, -0.1) is 0 Å². The van der Waals surface area contributed by atoms with E-state index in [-0.39, 0.29) is 6.61 Å². The van der Waals surface area contributed by atoms with Crippen molar-refractivity contribution in [1.29, 1.82) is 0 Å². The molecule has 4 N–H and O–H groups in total. The summed E-state index contributed by atoms with van der Waals surface area (Å²) in [5.74, 6) is 0.903. The number of aliphatic hydroxyl groups excluding tert-OH is 1. The molecule has 1 atom stereocenters. The van der Waals surface area contributed by atoms with Crippen LogP contribution < -0.4 is 11.1 Å². The molecular formula is C13H21N3O. The van der Waals surface area contributed by atoms with Gasteiger partial charge in [0.15, 0.2) is 5.96 Å². The molecule has 4 nitrogen and oxygen atoms in total. The van der Waals surface area contributed by atoms with E-state index >= 15 is 0 Å². The minimum atomic E-state index is 0.00926. The highest BCUT2D eigenvalue weighted by molar-refractivity contribution is 5.92. The summed E-state index contributed by atoms with van der Waals surface area (Å²) in [6, 6.07) is 8.16. The maximum Gasteiger partial charge on any atom is 0.193 e. The third-order valence-electron chi connectivity index (χ3n) is 2.75. The van der Waals surface area contributed by atoms with E-state index in [2.05, 4.69) is 36.3 Å². The van der Waals surface area contributed by atoms with Crippen molar-refractivity contribution in [2.75, 3.05) is 18.5 Å². The third kappa shape index (κ3) is 4.44. The van der Waals surface area contributed by atoms with Crippen molar-refractivity contribution in [3.63, 3.8) is 0 Å². The quantitative estimate of drug-likeness (QED) is 0.539. The number of aliphatic imine (C=N–C) groups is 1. The van der Waals surface area contributed by atoms with Gasteiger partial charge < -0.3 is 16.2 Å². The molecule has 1 aromatic rings. The molecule has 0 aliphatic heterocycles. The van der Waals surface area contributed by atoms with Crippen molar-refractivity contribution >= 4 is 11.6 Å². The Morgan fingerprint density at radius 1 is 1.41 bits per heavy atom. The molecular weight excluding hydrogens is 214 g/mol. The number of nitrogens with zero attached hydrogens (tertiary/aromatic N) is 1. The number of anilines is 1. The molecule has 0 amide bonds. The molecule has 1 unspecified atom stereocenters. The third-order valence-corrected chi connectivity index (χ3v) is 2.75. The Hall–Kier alpha value is -1.55. The second-order valence-corrected chi connectivity index (χ2v) is 4.05. The van der Waals surface area contributed by atoms with E-state index in [4.69, 9.17) is 10.8 Å². The SMILES string of the molecule is CCC(C)c1ccc(NC(N)=NCCO)cc1. The van der Waals surface area contributed by atoms with E-state index in [0.717, 1.165) is 12.1 Å². The van der Waals surface area contributed by atoms with Gasteiger partial charge in [0.2, 0.25) is 0 Å². The Bertz CT molecular complexity index is 359. The number of guanidine groups is 1. The summed E-state index contributed by atoms with van der Waals surface area (Å²) in [6.07, 6.45) is 1.13. The minimum absolute atomic E-state index is 0.00926. The smallest absolute Gasteiger partial charge is 0.193 e. The van der Waals surface area contributed by atoms with Gasteiger partial charge >= 0.3 is 0 Å².